The van der Waals surface area contributed by atoms with Gasteiger partial charge in [-0.3, -0.25) is 0 Å². The highest BCUT2D eigenvalue weighted by atomic mass is 16.5. The van der Waals surface area contributed by atoms with Crippen LogP contribution in [-0.2, 0) is 12.8 Å². The zero-order chi connectivity index (χ0) is 21.3. The minimum absolute atomic E-state index is 0.573. The molecule has 158 valence electrons. The highest BCUT2D eigenvalue weighted by molar-refractivity contribution is 6.11. The first-order chi connectivity index (χ1) is 14.7. The van der Waals surface area contributed by atoms with Crippen LogP contribution in [0.5, 0.6) is 11.5 Å². The molecule has 0 N–H and O–H groups in total. The van der Waals surface area contributed by atoms with Crippen LogP contribution in [0, 0.1) is 0 Å². The molecule has 3 rings (SSSR count). The van der Waals surface area contributed by atoms with Crippen molar-refractivity contribution in [3.05, 3.63) is 71.8 Å². The molecule has 30 heavy (non-hydrogen) atoms. The summed E-state index contributed by atoms with van der Waals surface area (Å²) in [6.07, 6.45) is 12.5. The van der Waals surface area contributed by atoms with Crippen molar-refractivity contribution in [3.8, 4) is 11.5 Å². The molecule has 0 aliphatic heterocycles. The average molecular weight is 403 g/mol. The lowest BCUT2D eigenvalue weighted by molar-refractivity contribution is 0.365. The molecule has 3 aromatic rings. The molecule has 0 saturated carbocycles. The number of rotatable bonds is 10. The molecular formula is C28H34O2. The number of fused-ring (bicyclic) bond motifs is 2. The number of hydrogen-bond acceptors (Lipinski definition) is 2. The molecule has 0 radical (unpaired) electrons. The Morgan fingerprint density at radius 2 is 1.00 bits per heavy atom. The van der Waals surface area contributed by atoms with Crippen molar-refractivity contribution >= 4 is 21.5 Å². The Kier molecular flexibility index (Phi) is 7.96. The fourth-order valence-electron chi connectivity index (χ4n) is 3.73. The molecule has 0 unspecified atom stereocenters. The van der Waals surface area contributed by atoms with Gasteiger partial charge in [-0.05, 0) is 48.9 Å². The predicted molar refractivity (Wildman–Crippen MR) is 130 cm³/mol. The van der Waals surface area contributed by atoms with Crippen LogP contribution in [0.15, 0.2) is 60.7 Å². The van der Waals surface area contributed by atoms with E-state index in [4.69, 9.17) is 9.47 Å². The smallest absolute Gasteiger partial charge is 0.135 e. The molecule has 2 nitrogen and oxygen atoms in total. The van der Waals surface area contributed by atoms with Crippen LogP contribution >= 0.6 is 0 Å². The van der Waals surface area contributed by atoms with Crippen LogP contribution in [0.1, 0.15) is 51.7 Å². The second-order valence-electron chi connectivity index (χ2n) is 7.51. The molecule has 0 aliphatic carbocycles. The van der Waals surface area contributed by atoms with E-state index in [0.717, 1.165) is 58.7 Å². The van der Waals surface area contributed by atoms with E-state index in [0.29, 0.717) is 13.2 Å². The third-order valence-electron chi connectivity index (χ3n) is 5.42. The second-order valence-corrected chi connectivity index (χ2v) is 7.51. The number of ether oxygens (including phenoxy) is 2. The van der Waals surface area contributed by atoms with E-state index in [1.165, 1.54) is 11.1 Å². The van der Waals surface area contributed by atoms with Gasteiger partial charge in [0.05, 0.1) is 0 Å². The number of aryl methyl sites for hydroxylation is 2. The maximum Gasteiger partial charge on any atom is 0.135 e. The lowest BCUT2D eigenvalue weighted by Crippen LogP contribution is -2.01. The van der Waals surface area contributed by atoms with Crippen molar-refractivity contribution < 1.29 is 9.47 Å². The van der Waals surface area contributed by atoms with Gasteiger partial charge in [0, 0.05) is 21.5 Å². The molecule has 0 spiro atoms. The van der Waals surface area contributed by atoms with E-state index in [2.05, 4.69) is 88.4 Å². The maximum atomic E-state index is 6.35. The van der Waals surface area contributed by atoms with Crippen LogP contribution in [0.4, 0.5) is 0 Å². The number of benzene rings is 3. The van der Waals surface area contributed by atoms with E-state index >= 15 is 0 Å². The average Bonchev–Trinajstić information content (AvgIpc) is 2.79. The standard InChI is InChI=1S/C28H34O2/c1-5-9-11-17-29-27-23-15-13-22(8-4)20-26(23)28(30-18-12-10-6-2)24-16-14-21(7-3)19-25(24)27/h9-16,19-20H,5-8,17-18H2,1-4H3/b11-9+,12-10+. The first-order valence-corrected chi connectivity index (χ1v) is 11.3. The molecule has 0 amide bonds. The fraction of sp³-hybridized carbons (Fsp3) is 0.357. The quantitative estimate of drug-likeness (QED) is 0.254. The molecule has 0 aromatic heterocycles. The van der Waals surface area contributed by atoms with Crippen molar-refractivity contribution in [2.45, 2.75) is 53.4 Å². The summed E-state index contributed by atoms with van der Waals surface area (Å²) < 4.78 is 12.7. The van der Waals surface area contributed by atoms with Crippen molar-refractivity contribution in [1.82, 2.24) is 0 Å². The summed E-state index contributed by atoms with van der Waals surface area (Å²) >= 11 is 0. The lowest BCUT2D eigenvalue weighted by atomic mass is 9.96. The lowest BCUT2D eigenvalue weighted by Gasteiger charge is -2.18. The molecular weight excluding hydrogens is 368 g/mol. The monoisotopic (exact) mass is 402 g/mol. The molecule has 2 heteroatoms. The highest BCUT2D eigenvalue weighted by Gasteiger charge is 2.17. The number of allylic oxidation sites excluding steroid dienone is 2. The largest absolute Gasteiger partial charge is 0.488 e. The first kappa shape index (κ1) is 22.0. The van der Waals surface area contributed by atoms with E-state index in [1.807, 2.05) is 0 Å². The van der Waals surface area contributed by atoms with E-state index < -0.39 is 0 Å². The summed E-state index contributed by atoms with van der Waals surface area (Å²) in [5.41, 5.74) is 2.61. The Labute approximate surface area is 181 Å². The highest BCUT2D eigenvalue weighted by Crippen LogP contribution is 2.43. The summed E-state index contributed by atoms with van der Waals surface area (Å²) in [5.74, 6) is 1.91. The molecule has 0 heterocycles. The Bertz CT molecular complexity index is 958. The summed E-state index contributed by atoms with van der Waals surface area (Å²) in [7, 11) is 0. The van der Waals surface area contributed by atoms with Crippen LogP contribution in [-0.4, -0.2) is 13.2 Å². The summed E-state index contributed by atoms with van der Waals surface area (Å²) in [5, 5.41) is 4.50. The Morgan fingerprint density at radius 1 is 0.567 bits per heavy atom. The van der Waals surface area contributed by atoms with Crippen molar-refractivity contribution in [2.75, 3.05) is 13.2 Å². The van der Waals surface area contributed by atoms with Crippen LogP contribution in [0.25, 0.3) is 21.5 Å². The van der Waals surface area contributed by atoms with Gasteiger partial charge in [0.1, 0.15) is 24.7 Å². The zero-order valence-corrected chi connectivity index (χ0v) is 18.8. The van der Waals surface area contributed by atoms with Crippen molar-refractivity contribution in [3.63, 3.8) is 0 Å². The van der Waals surface area contributed by atoms with Gasteiger partial charge in [-0.1, -0.05) is 76.3 Å². The minimum atomic E-state index is 0.573. The fourth-order valence-corrected chi connectivity index (χ4v) is 3.73. The molecule has 0 aliphatic rings. The van der Waals surface area contributed by atoms with Gasteiger partial charge in [-0.15, -0.1) is 0 Å². The van der Waals surface area contributed by atoms with Crippen LogP contribution < -0.4 is 9.47 Å². The summed E-state index contributed by atoms with van der Waals surface area (Å²) in [6.45, 7) is 9.80. The van der Waals surface area contributed by atoms with Crippen LogP contribution in [0.2, 0.25) is 0 Å². The maximum absolute atomic E-state index is 6.35. The normalized spacial score (nSPS) is 11.9. The first-order valence-electron chi connectivity index (χ1n) is 11.3. The SMILES string of the molecule is CC/C=C/COc1c2ccc(CC)cc2c(OC/C=C/CC)c2ccc(CC)cc12. The molecule has 0 fully saturated rings. The van der Waals surface area contributed by atoms with Crippen LogP contribution in [0.3, 0.4) is 0 Å². The van der Waals surface area contributed by atoms with Gasteiger partial charge in [0.15, 0.2) is 0 Å². The van der Waals surface area contributed by atoms with Gasteiger partial charge < -0.3 is 9.47 Å². The van der Waals surface area contributed by atoms with Gasteiger partial charge >= 0.3 is 0 Å². The van der Waals surface area contributed by atoms with E-state index in [-0.39, 0.29) is 0 Å². The van der Waals surface area contributed by atoms with E-state index in [1.54, 1.807) is 0 Å². The number of hydrogen-bond donors (Lipinski definition) is 0. The Morgan fingerprint density at radius 3 is 1.37 bits per heavy atom. The zero-order valence-electron chi connectivity index (χ0n) is 18.8. The third-order valence-corrected chi connectivity index (χ3v) is 5.42. The third kappa shape index (κ3) is 4.87. The van der Waals surface area contributed by atoms with Gasteiger partial charge in [0.2, 0.25) is 0 Å². The Hall–Kier alpha value is -2.74. The van der Waals surface area contributed by atoms with Gasteiger partial charge in [-0.25, -0.2) is 0 Å². The molecule has 0 atom stereocenters. The van der Waals surface area contributed by atoms with Gasteiger partial charge in [-0.2, -0.15) is 0 Å². The predicted octanol–water partition coefficient (Wildman–Crippen LogP) is 7.81. The summed E-state index contributed by atoms with van der Waals surface area (Å²) in [4.78, 5) is 0. The van der Waals surface area contributed by atoms with Crippen molar-refractivity contribution in [2.24, 2.45) is 0 Å². The Balaban J connectivity index is 2.24. The van der Waals surface area contributed by atoms with Crippen molar-refractivity contribution in [1.29, 1.82) is 0 Å². The van der Waals surface area contributed by atoms with E-state index in [9.17, 15) is 0 Å². The topological polar surface area (TPSA) is 18.5 Å². The summed E-state index contributed by atoms with van der Waals surface area (Å²) in [6, 6.07) is 13.3. The van der Waals surface area contributed by atoms with Gasteiger partial charge in [0.25, 0.3) is 0 Å². The molecule has 0 bridgehead atoms. The second kappa shape index (κ2) is 10.9. The molecule has 0 saturated heterocycles. The molecule has 3 aromatic carbocycles. The minimum Gasteiger partial charge on any atom is -0.488 e.